The Morgan fingerprint density at radius 2 is 2.04 bits per heavy atom. The van der Waals surface area contributed by atoms with Crippen molar-refractivity contribution in [1.29, 1.82) is 0 Å². The van der Waals surface area contributed by atoms with E-state index in [0.717, 1.165) is 12.0 Å². The molecule has 1 aromatic carbocycles. The second-order valence-corrected chi connectivity index (χ2v) is 7.55. The van der Waals surface area contributed by atoms with Crippen molar-refractivity contribution in [3.63, 3.8) is 0 Å². The first-order valence-electron chi connectivity index (χ1n) is 7.77. The maximum atomic E-state index is 6.08. The van der Waals surface area contributed by atoms with E-state index in [4.69, 9.17) is 20.8 Å². The number of aromatic nitrogens is 2. The van der Waals surface area contributed by atoms with E-state index in [9.17, 15) is 0 Å². The molecule has 0 aliphatic carbocycles. The summed E-state index contributed by atoms with van der Waals surface area (Å²) in [6, 6.07) is 7.61. The summed E-state index contributed by atoms with van der Waals surface area (Å²) in [7, 11) is 0. The van der Waals surface area contributed by atoms with Crippen LogP contribution in [-0.4, -0.2) is 27.4 Å². The van der Waals surface area contributed by atoms with Gasteiger partial charge in [-0.1, -0.05) is 17.7 Å². The van der Waals surface area contributed by atoms with Crippen LogP contribution in [0.3, 0.4) is 0 Å². The van der Waals surface area contributed by atoms with Crippen LogP contribution in [0.5, 0.6) is 0 Å². The summed E-state index contributed by atoms with van der Waals surface area (Å²) < 4.78 is 11.8. The Bertz CT molecular complexity index is 697. The second kappa shape index (κ2) is 5.89. The Morgan fingerprint density at radius 3 is 2.70 bits per heavy atom. The van der Waals surface area contributed by atoms with Crippen molar-refractivity contribution < 1.29 is 9.15 Å². The zero-order valence-corrected chi connectivity index (χ0v) is 14.6. The molecule has 1 atom stereocenters. The van der Waals surface area contributed by atoms with Gasteiger partial charge >= 0.3 is 0 Å². The fraction of sp³-hybridized carbons (Fsp3) is 0.529. The third-order valence-corrected chi connectivity index (χ3v) is 4.35. The van der Waals surface area contributed by atoms with Crippen molar-refractivity contribution in [3.05, 3.63) is 35.2 Å². The van der Waals surface area contributed by atoms with Crippen LogP contribution in [0.25, 0.3) is 11.5 Å². The van der Waals surface area contributed by atoms with Gasteiger partial charge in [0, 0.05) is 16.6 Å². The smallest absolute Gasteiger partial charge is 0.247 e. The standard InChI is InChI=1S/C17H22ClN3O2/c1-16(2)9-13(17(3,4)23-16)19-10-14-20-21-15(22-14)11-6-5-7-12(18)8-11/h5-8,13,19H,9-10H2,1-4H3/t13-/m0/s1. The highest BCUT2D eigenvalue weighted by atomic mass is 35.5. The summed E-state index contributed by atoms with van der Waals surface area (Å²) in [6.45, 7) is 8.94. The van der Waals surface area contributed by atoms with Gasteiger partial charge in [0.25, 0.3) is 0 Å². The lowest BCUT2D eigenvalue weighted by Gasteiger charge is -2.27. The van der Waals surface area contributed by atoms with Crippen molar-refractivity contribution >= 4 is 11.6 Å². The minimum absolute atomic E-state index is 0.123. The lowest BCUT2D eigenvalue weighted by atomic mass is 9.94. The third-order valence-electron chi connectivity index (χ3n) is 4.11. The summed E-state index contributed by atoms with van der Waals surface area (Å²) in [5.41, 5.74) is 0.475. The van der Waals surface area contributed by atoms with Crippen LogP contribution in [0.2, 0.25) is 5.02 Å². The van der Waals surface area contributed by atoms with E-state index in [0.29, 0.717) is 23.3 Å². The number of benzene rings is 1. The largest absolute Gasteiger partial charge is 0.419 e. The van der Waals surface area contributed by atoms with Gasteiger partial charge in [0.05, 0.1) is 17.7 Å². The number of halogens is 1. The fourth-order valence-electron chi connectivity index (χ4n) is 3.15. The van der Waals surface area contributed by atoms with Crippen LogP contribution < -0.4 is 5.32 Å². The summed E-state index contributed by atoms with van der Waals surface area (Å²) in [4.78, 5) is 0. The number of hydrogen-bond acceptors (Lipinski definition) is 5. The first-order valence-corrected chi connectivity index (χ1v) is 8.15. The zero-order valence-electron chi connectivity index (χ0n) is 13.9. The van der Waals surface area contributed by atoms with Gasteiger partial charge in [-0.2, -0.15) is 0 Å². The molecule has 3 rings (SSSR count). The van der Waals surface area contributed by atoms with E-state index in [1.807, 2.05) is 24.3 Å². The second-order valence-electron chi connectivity index (χ2n) is 7.11. The quantitative estimate of drug-likeness (QED) is 0.920. The van der Waals surface area contributed by atoms with Gasteiger partial charge in [-0.3, -0.25) is 0 Å². The maximum absolute atomic E-state index is 6.08. The van der Waals surface area contributed by atoms with Crippen LogP contribution in [0.15, 0.2) is 28.7 Å². The van der Waals surface area contributed by atoms with Crippen molar-refractivity contribution in [1.82, 2.24) is 15.5 Å². The van der Waals surface area contributed by atoms with E-state index < -0.39 is 0 Å². The highest BCUT2D eigenvalue weighted by molar-refractivity contribution is 6.30. The van der Waals surface area contributed by atoms with Crippen LogP contribution in [0.1, 0.15) is 40.0 Å². The number of rotatable bonds is 4. The molecule has 1 saturated heterocycles. The van der Waals surface area contributed by atoms with Crippen molar-refractivity contribution in [3.8, 4) is 11.5 Å². The third kappa shape index (κ3) is 3.74. The van der Waals surface area contributed by atoms with E-state index >= 15 is 0 Å². The first kappa shape index (κ1) is 16.4. The van der Waals surface area contributed by atoms with E-state index in [1.165, 1.54) is 0 Å². The van der Waals surface area contributed by atoms with E-state index in [-0.39, 0.29) is 17.2 Å². The summed E-state index contributed by atoms with van der Waals surface area (Å²) in [5.74, 6) is 1.03. The van der Waals surface area contributed by atoms with Crippen molar-refractivity contribution in [2.45, 2.75) is 57.9 Å². The first-order chi connectivity index (χ1) is 10.8. The lowest BCUT2D eigenvalue weighted by molar-refractivity contribution is -0.0699. The molecule has 1 N–H and O–H groups in total. The Kier molecular flexibility index (Phi) is 4.21. The molecule has 0 unspecified atom stereocenters. The number of nitrogens with one attached hydrogen (secondary N) is 1. The minimum atomic E-state index is -0.223. The van der Waals surface area contributed by atoms with Crippen LogP contribution >= 0.6 is 11.6 Å². The van der Waals surface area contributed by atoms with Gasteiger partial charge in [0.15, 0.2) is 0 Å². The molecule has 23 heavy (non-hydrogen) atoms. The van der Waals surface area contributed by atoms with E-state index in [1.54, 1.807) is 0 Å². The maximum Gasteiger partial charge on any atom is 0.247 e. The molecular weight excluding hydrogens is 314 g/mol. The van der Waals surface area contributed by atoms with Crippen LogP contribution in [0.4, 0.5) is 0 Å². The topological polar surface area (TPSA) is 60.2 Å². The van der Waals surface area contributed by atoms with Crippen molar-refractivity contribution in [2.24, 2.45) is 0 Å². The molecule has 1 aliphatic heterocycles. The number of nitrogens with zero attached hydrogens (tertiary/aromatic N) is 2. The SMILES string of the molecule is CC1(C)C[C@H](NCc2nnc(-c3cccc(Cl)c3)o2)C(C)(C)O1. The molecule has 2 heterocycles. The molecule has 0 spiro atoms. The lowest BCUT2D eigenvalue weighted by Crippen LogP contribution is -2.43. The monoisotopic (exact) mass is 335 g/mol. The highest BCUT2D eigenvalue weighted by Crippen LogP contribution is 2.37. The molecule has 6 heteroatoms. The molecule has 1 aromatic heterocycles. The number of hydrogen-bond donors (Lipinski definition) is 1. The molecule has 2 aromatic rings. The van der Waals surface area contributed by atoms with Crippen LogP contribution in [-0.2, 0) is 11.3 Å². The van der Waals surface area contributed by atoms with Gasteiger partial charge in [0.1, 0.15) is 0 Å². The fourth-order valence-corrected chi connectivity index (χ4v) is 3.34. The molecule has 0 saturated carbocycles. The summed E-state index contributed by atoms with van der Waals surface area (Å²) >= 11 is 5.99. The molecular formula is C17H22ClN3O2. The molecule has 124 valence electrons. The zero-order chi connectivity index (χ0) is 16.7. The number of ether oxygens (including phenoxy) is 1. The molecule has 0 bridgehead atoms. The van der Waals surface area contributed by atoms with Gasteiger partial charge in [-0.15, -0.1) is 10.2 Å². The Morgan fingerprint density at radius 1 is 1.26 bits per heavy atom. The Hall–Kier alpha value is -1.43. The minimum Gasteiger partial charge on any atom is -0.419 e. The van der Waals surface area contributed by atoms with Gasteiger partial charge in [-0.05, 0) is 52.3 Å². The Balaban J connectivity index is 1.66. The molecule has 5 nitrogen and oxygen atoms in total. The molecule has 0 radical (unpaired) electrons. The highest BCUT2D eigenvalue weighted by Gasteiger charge is 2.45. The van der Waals surface area contributed by atoms with Crippen LogP contribution in [0, 0.1) is 0 Å². The van der Waals surface area contributed by atoms with Gasteiger partial charge in [-0.25, -0.2) is 0 Å². The molecule has 1 aliphatic rings. The average molecular weight is 336 g/mol. The predicted molar refractivity (Wildman–Crippen MR) is 89.2 cm³/mol. The predicted octanol–water partition coefficient (Wildman–Crippen LogP) is 3.83. The average Bonchev–Trinajstić information content (AvgIpc) is 2.98. The summed E-state index contributed by atoms with van der Waals surface area (Å²) in [6.07, 6.45) is 0.940. The van der Waals surface area contributed by atoms with Crippen molar-refractivity contribution in [2.75, 3.05) is 0 Å². The molecule has 1 fully saturated rings. The van der Waals surface area contributed by atoms with E-state index in [2.05, 4.69) is 43.2 Å². The van der Waals surface area contributed by atoms with Gasteiger partial charge < -0.3 is 14.5 Å². The molecule has 0 amide bonds. The summed E-state index contributed by atoms with van der Waals surface area (Å²) in [5, 5.41) is 12.3. The normalized spacial score (nSPS) is 22.4. The Labute approximate surface area is 141 Å². The van der Waals surface area contributed by atoms with Gasteiger partial charge in [0.2, 0.25) is 11.8 Å².